The number of cyclic esters (lactones) is 1. The minimum Gasteiger partial charge on any atom is -0.449 e. The Morgan fingerprint density at radius 1 is 0.975 bits per heavy atom. The summed E-state index contributed by atoms with van der Waals surface area (Å²) in [5.41, 5.74) is -2.19. The van der Waals surface area contributed by atoms with Crippen LogP contribution in [0.2, 0.25) is 0 Å². The molecule has 2 aliphatic rings. The highest BCUT2D eigenvalue weighted by molar-refractivity contribution is 5.83. The Labute approximate surface area is 228 Å². The molecule has 2 heterocycles. The van der Waals surface area contributed by atoms with Crippen LogP contribution in [0.1, 0.15) is 47.6 Å². The van der Waals surface area contributed by atoms with Gasteiger partial charge in [0.15, 0.2) is 0 Å². The molecule has 6 nitrogen and oxygen atoms in total. The maximum absolute atomic E-state index is 13.7. The molecule has 2 fully saturated rings. The van der Waals surface area contributed by atoms with E-state index in [1.807, 2.05) is 23.1 Å². The number of carbonyl (C=O) groups excluding carboxylic acids is 2. The largest absolute Gasteiger partial charge is 0.449 e. The van der Waals surface area contributed by atoms with E-state index in [-0.39, 0.29) is 42.6 Å². The van der Waals surface area contributed by atoms with Crippen LogP contribution < -0.4 is 0 Å². The molecule has 2 aliphatic heterocycles. The Bertz CT molecular complexity index is 1150. The number of likely N-dealkylation sites (N-methyl/N-ethyl adjacent to an activating group) is 1. The fourth-order valence-electron chi connectivity index (χ4n) is 5.28. The zero-order valence-electron chi connectivity index (χ0n) is 22.0. The molecule has 218 valence electrons. The second-order valence-corrected chi connectivity index (χ2v) is 10.2. The Balaban J connectivity index is 1.48. The number of amides is 2. The number of hydrogen-bond donors (Lipinski definition) is 0. The van der Waals surface area contributed by atoms with Crippen LogP contribution in [0.5, 0.6) is 0 Å². The predicted octanol–water partition coefficient (Wildman–Crippen LogP) is 5.77. The zero-order valence-corrected chi connectivity index (χ0v) is 22.0. The van der Waals surface area contributed by atoms with Crippen molar-refractivity contribution in [3.8, 4) is 0 Å². The molecule has 0 N–H and O–H groups in total. The van der Waals surface area contributed by atoms with Crippen molar-refractivity contribution in [3.63, 3.8) is 0 Å². The van der Waals surface area contributed by atoms with Gasteiger partial charge in [-0.1, -0.05) is 30.3 Å². The molecular formula is C28H31F6N3O3. The fraction of sp³-hybridized carbons (Fsp3) is 0.500. The molecule has 1 unspecified atom stereocenters. The minimum absolute atomic E-state index is 0.00274. The van der Waals surface area contributed by atoms with Gasteiger partial charge in [0.2, 0.25) is 5.91 Å². The molecule has 0 spiro atoms. The number of ether oxygens (including phenoxy) is 1. The summed E-state index contributed by atoms with van der Waals surface area (Å²) in [5, 5.41) is 0. The fourth-order valence-corrected chi connectivity index (χ4v) is 5.28. The van der Waals surface area contributed by atoms with Gasteiger partial charge in [-0.15, -0.1) is 0 Å². The second kappa shape index (κ2) is 12.1. The van der Waals surface area contributed by atoms with E-state index in [9.17, 15) is 35.9 Å². The summed E-state index contributed by atoms with van der Waals surface area (Å²) in [6.07, 6.45) is -8.35. The molecule has 12 heteroatoms. The van der Waals surface area contributed by atoms with E-state index in [0.29, 0.717) is 51.2 Å². The second-order valence-electron chi connectivity index (χ2n) is 10.2. The number of hydrogen-bond acceptors (Lipinski definition) is 4. The number of halogens is 6. The third kappa shape index (κ3) is 7.07. The number of nitrogens with zero attached hydrogens (tertiary/aromatic N) is 3. The van der Waals surface area contributed by atoms with E-state index in [0.717, 1.165) is 12.0 Å². The van der Waals surface area contributed by atoms with Crippen molar-refractivity contribution in [1.82, 2.24) is 14.7 Å². The molecule has 1 atom stereocenters. The van der Waals surface area contributed by atoms with Crippen molar-refractivity contribution in [2.45, 2.75) is 50.1 Å². The first kappa shape index (κ1) is 29.7. The molecular weight excluding hydrogens is 540 g/mol. The van der Waals surface area contributed by atoms with Crippen molar-refractivity contribution in [2.24, 2.45) is 0 Å². The SMILES string of the molecule is CN(CCc1cc(C(F)(F)F)cc(C(F)(F)F)c1)C(=O)C(c1ccccc1)N1CCC(N2CCCOC2=O)CC1. The summed E-state index contributed by atoms with van der Waals surface area (Å²) in [6.45, 7) is 2.01. The average Bonchev–Trinajstić information content (AvgIpc) is 2.92. The first-order chi connectivity index (χ1) is 18.8. The molecule has 40 heavy (non-hydrogen) atoms. The molecule has 0 aromatic heterocycles. The highest BCUT2D eigenvalue weighted by Gasteiger charge is 2.38. The Morgan fingerprint density at radius 2 is 1.57 bits per heavy atom. The van der Waals surface area contributed by atoms with E-state index >= 15 is 0 Å². The summed E-state index contributed by atoms with van der Waals surface area (Å²) in [4.78, 5) is 30.9. The first-order valence-corrected chi connectivity index (χ1v) is 13.1. The van der Waals surface area contributed by atoms with Crippen LogP contribution in [0.25, 0.3) is 0 Å². The van der Waals surface area contributed by atoms with E-state index in [1.54, 1.807) is 17.0 Å². The molecule has 2 aromatic rings. The summed E-state index contributed by atoms with van der Waals surface area (Å²) in [6, 6.07) is 9.83. The topological polar surface area (TPSA) is 53.1 Å². The Kier molecular flexibility index (Phi) is 8.96. The van der Waals surface area contributed by atoms with Crippen LogP contribution in [0.15, 0.2) is 48.5 Å². The van der Waals surface area contributed by atoms with E-state index < -0.39 is 29.5 Å². The zero-order chi connectivity index (χ0) is 29.1. The first-order valence-electron chi connectivity index (χ1n) is 13.1. The quantitative estimate of drug-likeness (QED) is 0.396. The molecule has 2 amide bonds. The summed E-state index contributed by atoms with van der Waals surface area (Å²) < 4.78 is 84.7. The van der Waals surface area contributed by atoms with Crippen molar-refractivity contribution in [2.75, 3.05) is 39.8 Å². The van der Waals surface area contributed by atoms with Gasteiger partial charge in [0.25, 0.3) is 0 Å². The van der Waals surface area contributed by atoms with Crippen molar-refractivity contribution < 1.29 is 40.7 Å². The highest BCUT2D eigenvalue weighted by atomic mass is 19.4. The van der Waals surface area contributed by atoms with Gasteiger partial charge in [0, 0.05) is 39.3 Å². The lowest BCUT2D eigenvalue weighted by molar-refractivity contribution is -0.143. The lowest BCUT2D eigenvalue weighted by Crippen LogP contribution is -2.52. The predicted molar refractivity (Wildman–Crippen MR) is 134 cm³/mol. The molecule has 0 radical (unpaired) electrons. The Morgan fingerprint density at radius 3 is 2.12 bits per heavy atom. The normalized spacial score (nSPS) is 18.4. The van der Waals surface area contributed by atoms with Gasteiger partial charge in [0.1, 0.15) is 6.04 Å². The van der Waals surface area contributed by atoms with Crippen LogP contribution in [0.3, 0.4) is 0 Å². The van der Waals surface area contributed by atoms with Crippen LogP contribution in [-0.4, -0.2) is 72.6 Å². The van der Waals surface area contributed by atoms with Crippen LogP contribution in [0, 0.1) is 0 Å². The number of rotatable bonds is 7. The third-order valence-corrected chi connectivity index (χ3v) is 7.42. The van der Waals surface area contributed by atoms with Crippen LogP contribution in [0.4, 0.5) is 31.1 Å². The lowest BCUT2D eigenvalue weighted by atomic mass is 9.97. The summed E-state index contributed by atoms with van der Waals surface area (Å²) >= 11 is 0. The number of benzene rings is 2. The highest BCUT2D eigenvalue weighted by Crippen LogP contribution is 2.36. The monoisotopic (exact) mass is 571 g/mol. The summed E-state index contributed by atoms with van der Waals surface area (Å²) in [5.74, 6) is -0.315. The van der Waals surface area contributed by atoms with Gasteiger partial charge in [-0.05, 0) is 55.0 Å². The Hall–Kier alpha value is -3.28. The van der Waals surface area contributed by atoms with E-state index in [4.69, 9.17) is 4.74 Å². The maximum atomic E-state index is 13.7. The molecule has 2 aromatic carbocycles. The minimum atomic E-state index is -4.94. The van der Waals surface area contributed by atoms with Gasteiger partial charge in [-0.2, -0.15) is 26.3 Å². The number of likely N-dealkylation sites (tertiary alicyclic amines) is 1. The molecule has 0 bridgehead atoms. The molecule has 4 rings (SSSR count). The van der Waals surface area contributed by atoms with E-state index in [1.165, 1.54) is 11.9 Å². The van der Waals surface area contributed by atoms with Gasteiger partial charge < -0.3 is 14.5 Å². The third-order valence-electron chi connectivity index (χ3n) is 7.42. The molecule has 0 saturated carbocycles. The van der Waals surface area contributed by atoms with Crippen molar-refractivity contribution in [3.05, 3.63) is 70.8 Å². The molecule has 2 saturated heterocycles. The van der Waals surface area contributed by atoms with Gasteiger partial charge >= 0.3 is 18.4 Å². The number of alkyl halides is 6. The number of piperidine rings is 1. The molecule has 0 aliphatic carbocycles. The lowest BCUT2D eigenvalue weighted by Gasteiger charge is -2.42. The van der Waals surface area contributed by atoms with Crippen LogP contribution in [-0.2, 0) is 28.3 Å². The van der Waals surface area contributed by atoms with Gasteiger partial charge in [-0.3, -0.25) is 9.69 Å². The van der Waals surface area contributed by atoms with Gasteiger partial charge in [0.05, 0.1) is 17.7 Å². The smallest absolute Gasteiger partial charge is 0.416 e. The van der Waals surface area contributed by atoms with Crippen molar-refractivity contribution in [1.29, 1.82) is 0 Å². The summed E-state index contributed by atoms with van der Waals surface area (Å²) in [7, 11) is 1.49. The standard InChI is InChI=1S/C28H31F6N3O3/c1-35(12-8-19-16-21(27(29,30)31)18-22(17-19)28(32,33)34)25(38)24(20-6-3-2-4-7-20)36-13-9-23(10-14-36)37-11-5-15-40-26(37)39/h2-4,6-7,16-18,23-24H,5,8-15H2,1H3. The van der Waals surface area contributed by atoms with Crippen LogP contribution >= 0.6 is 0 Å². The van der Waals surface area contributed by atoms with E-state index in [2.05, 4.69) is 0 Å². The maximum Gasteiger partial charge on any atom is 0.416 e. The van der Waals surface area contributed by atoms with Gasteiger partial charge in [-0.25, -0.2) is 4.79 Å². The van der Waals surface area contributed by atoms with Crippen molar-refractivity contribution >= 4 is 12.0 Å². The number of carbonyl (C=O) groups is 2. The average molecular weight is 572 g/mol.